The highest BCUT2D eigenvalue weighted by Crippen LogP contribution is 2.28. The Bertz CT molecular complexity index is 475. The monoisotopic (exact) mass is 315 g/mol. The van der Waals surface area contributed by atoms with Gasteiger partial charge in [-0.1, -0.05) is 6.92 Å². The van der Waals surface area contributed by atoms with Crippen LogP contribution >= 0.6 is 15.9 Å². The summed E-state index contributed by atoms with van der Waals surface area (Å²) in [5.41, 5.74) is 0.536. The first kappa shape index (κ1) is 13.5. The lowest BCUT2D eigenvalue weighted by Gasteiger charge is -2.15. The number of hydrogen-bond donors (Lipinski definition) is 2. The van der Waals surface area contributed by atoms with Gasteiger partial charge < -0.3 is 10.4 Å². The molecule has 0 bridgehead atoms. The molecule has 2 N–H and O–H groups in total. The van der Waals surface area contributed by atoms with Crippen LogP contribution in [-0.2, 0) is 6.54 Å². The minimum atomic E-state index is -0.208. The van der Waals surface area contributed by atoms with Gasteiger partial charge in [-0.05, 0) is 41.1 Å². The van der Waals surface area contributed by atoms with Crippen LogP contribution in [0.5, 0.6) is 0 Å². The van der Waals surface area contributed by atoms with Crippen molar-refractivity contribution in [1.82, 2.24) is 9.78 Å². The first-order valence-corrected chi connectivity index (χ1v) is 7.04. The van der Waals surface area contributed by atoms with Crippen LogP contribution in [0.15, 0.2) is 15.5 Å². The summed E-state index contributed by atoms with van der Waals surface area (Å²) < 4.78 is 1.75. The van der Waals surface area contributed by atoms with Crippen molar-refractivity contribution in [2.24, 2.45) is 5.92 Å². The van der Waals surface area contributed by atoms with Crippen LogP contribution < -0.4 is 10.9 Å². The fraction of sp³-hybridized carbons (Fsp3) is 0.667. The van der Waals surface area contributed by atoms with Crippen molar-refractivity contribution in [3.05, 3.63) is 21.0 Å². The normalized spacial score (nSPS) is 23.3. The van der Waals surface area contributed by atoms with Gasteiger partial charge in [0.05, 0.1) is 25.0 Å². The number of rotatable bonds is 4. The number of aliphatic hydroxyl groups is 1. The molecular formula is C12H18BrN3O2. The van der Waals surface area contributed by atoms with E-state index in [0.717, 1.165) is 24.4 Å². The maximum Gasteiger partial charge on any atom is 0.283 e. The van der Waals surface area contributed by atoms with Crippen LogP contribution in [0.3, 0.4) is 0 Å². The fourth-order valence-electron chi connectivity index (χ4n) is 2.38. The van der Waals surface area contributed by atoms with Crippen molar-refractivity contribution >= 4 is 21.6 Å². The largest absolute Gasteiger partial charge is 0.394 e. The summed E-state index contributed by atoms with van der Waals surface area (Å²) in [5, 5.41) is 16.2. The van der Waals surface area contributed by atoms with Crippen LogP contribution in [0, 0.1) is 5.92 Å². The third-order valence-corrected chi connectivity index (χ3v) is 4.12. The SMILES string of the molecule is CC1CCC(Nc2cnn(CCO)c(=O)c2Br)C1. The van der Waals surface area contributed by atoms with Crippen molar-refractivity contribution in [1.29, 1.82) is 0 Å². The number of anilines is 1. The molecular weight excluding hydrogens is 298 g/mol. The fourth-order valence-corrected chi connectivity index (χ4v) is 2.80. The first-order chi connectivity index (χ1) is 8.61. The van der Waals surface area contributed by atoms with Gasteiger partial charge in [-0.15, -0.1) is 0 Å². The summed E-state index contributed by atoms with van der Waals surface area (Å²) in [5.74, 6) is 0.740. The van der Waals surface area contributed by atoms with Crippen LogP contribution in [-0.4, -0.2) is 27.5 Å². The highest BCUT2D eigenvalue weighted by Gasteiger charge is 2.22. The van der Waals surface area contributed by atoms with Crippen LogP contribution in [0.1, 0.15) is 26.2 Å². The summed E-state index contributed by atoms with van der Waals surface area (Å²) in [6, 6.07) is 0.422. The van der Waals surface area contributed by atoms with Crippen molar-refractivity contribution in [3.8, 4) is 0 Å². The van der Waals surface area contributed by atoms with E-state index in [1.165, 1.54) is 11.1 Å². The second-order valence-electron chi connectivity index (χ2n) is 4.88. The lowest BCUT2D eigenvalue weighted by molar-refractivity contribution is 0.266. The molecule has 0 aliphatic heterocycles. The number of aliphatic hydroxyl groups excluding tert-OH is 1. The Morgan fingerprint density at radius 2 is 2.39 bits per heavy atom. The van der Waals surface area contributed by atoms with Gasteiger partial charge in [0.15, 0.2) is 0 Å². The van der Waals surface area contributed by atoms with Crippen molar-refractivity contribution < 1.29 is 5.11 Å². The summed E-state index contributed by atoms with van der Waals surface area (Å²) >= 11 is 3.31. The number of nitrogens with zero attached hydrogens (tertiary/aromatic N) is 2. The third-order valence-electron chi connectivity index (χ3n) is 3.35. The zero-order chi connectivity index (χ0) is 13.1. The maximum atomic E-state index is 11.9. The minimum absolute atomic E-state index is 0.0910. The third kappa shape index (κ3) is 2.92. The smallest absolute Gasteiger partial charge is 0.283 e. The van der Waals surface area contributed by atoms with E-state index in [-0.39, 0.29) is 18.7 Å². The van der Waals surface area contributed by atoms with E-state index in [2.05, 4.69) is 33.3 Å². The number of nitrogens with one attached hydrogen (secondary N) is 1. The Balaban J connectivity index is 2.14. The first-order valence-electron chi connectivity index (χ1n) is 6.25. The Morgan fingerprint density at radius 1 is 1.61 bits per heavy atom. The molecule has 1 heterocycles. The molecule has 0 spiro atoms. The molecule has 2 rings (SSSR count). The van der Waals surface area contributed by atoms with Crippen LogP contribution in [0.4, 0.5) is 5.69 Å². The molecule has 1 aliphatic rings. The predicted octanol–water partition coefficient (Wildman–Crippen LogP) is 1.60. The Morgan fingerprint density at radius 3 is 3.00 bits per heavy atom. The molecule has 1 aromatic rings. The number of halogens is 1. The molecule has 5 nitrogen and oxygen atoms in total. The highest BCUT2D eigenvalue weighted by atomic mass is 79.9. The van der Waals surface area contributed by atoms with E-state index < -0.39 is 0 Å². The van der Waals surface area contributed by atoms with E-state index in [4.69, 9.17) is 5.11 Å². The standard InChI is InChI=1S/C12H18BrN3O2/c1-8-2-3-9(6-8)15-10-7-14-16(4-5-17)12(18)11(10)13/h7-9,15,17H,2-6H2,1H3. The van der Waals surface area contributed by atoms with Crippen LogP contribution in [0.2, 0.25) is 0 Å². The van der Waals surface area contributed by atoms with Gasteiger partial charge in [-0.3, -0.25) is 4.79 Å². The molecule has 1 aromatic heterocycles. The van der Waals surface area contributed by atoms with Crippen LogP contribution in [0.25, 0.3) is 0 Å². The van der Waals surface area contributed by atoms with E-state index in [9.17, 15) is 4.79 Å². The molecule has 0 aromatic carbocycles. The molecule has 0 saturated heterocycles. The second-order valence-corrected chi connectivity index (χ2v) is 5.68. The predicted molar refractivity (Wildman–Crippen MR) is 73.7 cm³/mol. The highest BCUT2D eigenvalue weighted by molar-refractivity contribution is 9.10. The quantitative estimate of drug-likeness (QED) is 0.885. The van der Waals surface area contributed by atoms with E-state index in [0.29, 0.717) is 10.5 Å². The summed E-state index contributed by atoms with van der Waals surface area (Å²) in [7, 11) is 0. The summed E-state index contributed by atoms with van der Waals surface area (Å²) in [6.45, 7) is 2.37. The molecule has 2 atom stereocenters. The van der Waals surface area contributed by atoms with Gasteiger partial charge in [0.25, 0.3) is 5.56 Å². The average Bonchev–Trinajstić information content (AvgIpc) is 2.75. The van der Waals surface area contributed by atoms with Crippen molar-refractivity contribution in [2.45, 2.75) is 38.8 Å². The Kier molecular flexibility index (Phi) is 4.40. The zero-order valence-electron chi connectivity index (χ0n) is 10.4. The topological polar surface area (TPSA) is 67.2 Å². The molecule has 100 valence electrons. The Labute approximate surface area is 114 Å². The molecule has 1 aliphatic carbocycles. The van der Waals surface area contributed by atoms with Gasteiger partial charge >= 0.3 is 0 Å². The molecule has 0 radical (unpaired) electrons. The summed E-state index contributed by atoms with van der Waals surface area (Å²) in [6.07, 6.45) is 5.13. The second kappa shape index (κ2) is 5.84. The van der Waals surface area contributed by atoms with Gasteiger partial charge in [-0.25, -0.2) is 4.68 Å². The van der Waals surface area contributed by atoms with Gasteiger partial charge in [0, 0.05) is 6.04 Å². The molecule has 1 saturated carbocycles. The lowest BCUT2D eigenvalue weighted by Crippen LogP contribution is -2.27. The van der Waals surface area contributed by atoms with Gasteiger partial charge in [0.2, 0.25) is 0 Å². The van der Waals surface area contributed by atoms with E-state index in [1.54, 1.807) is 6.20 Å². The minimum Gasteiger partial charge on any atom is -0.394 e. The van der Waals surface area contributed by atoms with Crippen molar-refractivity contribution in [2.75, 3.05) is 11.9 Å². The molecule has 6 heteroatoms. The van der Waals surface area contributed by atoms with Gasteiger partial charge in [-0.2, -0.15) is 5.10 Å². The molecule has 18 heavy (non-hydrogen) atoms. The Hall–Kier alpha value is -0.880. The summed E-state index contributed by atoms with van der Waals surface area (Å²) in [4.78, 5) is 11.9. The number of hydrogen-bond acceptors (Lipinski definition) is 4. The van der Waals surface area contributed by atoms with Gasteiger partial charge in [0.1, 0.15) is 4.47 Å². The maximum absolute atomic E-state index is 11.9. The van der Waals surface area contributed by atoms with Crippen molar-refractivity contribution in [3.63, 3.8) is 0 Å². The van der Waals surface area contributed by atoms with E-state index >= 15 is 0 Å². The number of aromatic nitrogens is 2. The molecule has 0 amide bonds. The zero-order valence-corrected chi connectivity index (χ0v) is 12.0. The van der Waals surface area contributed by atoms with E-state index in [1.807, 2.05) is 0 Å². The molecule has 2 unspecified atom stereocenters. The average molecular weight is 316 g/mol. The lowest BCUT2D eigenvalue weighted by atomic mass is 10.1. The molecule has 1 fully saturated rings.